The van der Waals surface area contributed by atoms with Crippen LogP contribution in [-0.4, -0.2) is 56.1 Å². The maximum Gasteiger partial charge on any atom is 0.318 e. The number of nitrogens with zero attached hydrogens (tertiary/aromatic N) is 1. The van der Waals surface area contributed by atoms with Gasteiger partial charge in [-0.1, -0.05) is 0 Å². The van der Waals surface area contributed by atoms with Crippen molar-refractivity contribution in [3.63, 3.8) is 0 Å². The van der Waals surface area contributed by atoms with E-state index in [0.717, 1.165) is 0 Å². The summed E-state index contributed by atoms with van der Waals surface area (Å²) in [6.07, 6.45) is -1.66. The minimum Gasteiger partial charge on any atom is -0.468 e. The number of amides is 1. The molecule has 0 bridgehead atoms. The zero-order valence-electron chi connectivity index (χ0n) is 10.4. The van der Waals surface area contributed by atoms with Gasteiger partial charge in [-0.3, -0.25) is 14.9 Å². The molecular weight excluding hydrogens is 243 g/mol. The molecule has 2 fully saturated rings. The largest absolute Gasteiger partial charge is 0.468 e. The number of alkyl halides is 1. The molecule has 0 spiro atoms. The van der Waals surface area contributed by atoms with E-state index in [1.165, 1.54) is 19.1 Å². The highest BCUT2D eigenvalue weighted by Crippen LogP contribution is 2.27. The van der Waals surface area contributed by atoms with Crippen molar-refractivity contribution >= 4 is 11.9 Å². The molecule has 4 atom stereocenters. The predicted octanol–water partition coefficient (Wildman–Crippen LogP) is -0.362. The topological polar surface area (TPSA) is 67.9 Å². The number of likely N-dealkylation sites (tertiary alicyclic amines) is 1. The first-order valence-electron chi connectivity index (χ1n) is 5.89. The van der Waals surface area contributed by atoms with Gasteiger partial charge in [0.15, 0.2) is 0 Å². The predicted molar refractivity (Wildman–Crippen MR) is 59.1 cm³/mol. The van der Waals surface area contributed by atoms with Crippen molar-refractivity contribution in [3.8, 4) is 0 Å². The van der Waals surface area contributed by atoms with Gasteiger partial charge < -0.3 is 14.4 Å². The molecule has 0 saturated carbocycles. The smallest absolute Gasteiger partial charge is 0.318 e. The molecule has 7 heteroatoms. The summed E-state index contributed by atoms with van der Waals surface area (Å²) in [7, 11) is 2.67. The minimum absolute atomic E-state index is 0.179. The van der Waals surface area contributed by atoms with Gasteiger partial charge >= 0.3 is 5.97 Å². The number of hydrogen-bond acceptors (Lipinski definition) is 5. The second-order valence-corrected chi connectivity index (χ2v) is 4.49. The number of hydrogen-bond donors (Lipinski definition) is 1. The van der Waals surface area contributed by atoms with Gasteiger partial charge in [0, 0.05) is 20.1 Å². The number of halogens is 1. The quantitative estimate of drug-likeness (QED) is 0.554. The van der Waals surface area contributed by atoms with Crippen molar-refractivity contribution < 1.29 is 23.5 Å². The van der Waals surface area contributed by atoms with Crippen LogP contribution in [0, 0.1) is 5.92 Å². The standard InChI is InChI=1S/C11H17FN2O4/c1-17-9-7(12)5-8(13-9)14-4-3-6(10(14)15)11(16)18-2/h6-9,13H,3-5H2,1-2H3. The Hall–Kier alpha value is -1.21. The molecule has 0 radical (unpaired) electrons. The number of rotatable bonds is 3. The first-order valence-corrected chi connectivity index (χ1v) is 5.89. The maximum atomic E-state index is 13.5. The fourth-order valence-corrected chi connectivity index (χ4v) is 2.50. The maximum absolute atomic E-state index is 13.5. The molecule has 0 aromatic carbocycles. The molecule has 0 aromatic heterocycles. The van der Waals surface area contributed by atoms with Crippen LogP contribution in [0.4, 0.5) is 4.39 Å². The highest BCUT2D eigenvalue weighted by Gasteiger charge is 2.45. The van der Waals surface area contributed by atoms with Crippen LogP contribution in [0.5, 0.6) is 0 Å². The second kappa shape index (κ2) is 5.19. The van der Waals surface area contributed by atoms with E-state index in [-0.39, 0.29) is 12.3 Å². The normalized spacial score (nSPS) is 36.2. The molecule has 0 aromatic rings. The highest BCUT2D eigenvalue weighted by molar-refractivity contribution is 5.99. The first-order chi connectivity index (χ1) is 8.58. The van der Waals surface area contributed by atoms with E-state index in [2.05, 4.69) is 10.1 Å². The summed E-state index contributed by atoms with van der Waals surface area (Å²) < 4.78 is 23.0. The highest BCUT2D eigenvalue weighted by atomic mass is 19.1. The van der Waals surface area contributed by atoms with E-state index in [1.54, 1.807) is 0 Å². The number of esters is 1. The Kier molecular flexibility index (Phi) is 3.82. The molecule has 18 heavy (non-hydrogen) atoms. The van der Waals surface area contributed by atoms with Crippen LogP contribution in [-0.2, 0) is 19.1 Å². The second-order valence-electron chi connectivity index (χ2n) is 4.49. The monoisotopic (exact) mass is 260 g/mol. The third-order valence-corrected chi connectivity index (χ3v) is 3.49. The Balaban J connectivity index is 2.00. The number of nitrogens with one attached hydrogen (secondary N) is 1. The summed E-state index contributed by atoms with van der Waals surface area (Å²) in [5.74, 6) is -1.58. The minimum atomic E-state index is -1.15. The number of methoxy groups -OCH3 is 2. The van der Waals surface area contributed by atoms with Crippen molar-refractivity contribution in [2.45, 2.75) is 31.4 Å². The van der Waals surface area contributed by atoms with E-state index in [4.69, 9.17) is 4.74 Å². The molecule has 1 N–H and O–H groups in total. The number of carbonyl (C=O) groups excluding carboxylic acids is 2. The lowest BCUT2D eigenvalue weighted by Crippen LogP contribution is -2.46. The van der Waals surface area contributed by atoms with Gasteiger partial charge in [-0.2, -0.15) is 0 Å². The van der Waals surface area contributed by atoms with Gasteiger partial charge in [0.25, 0.3) is 0 Å². The molecule has 2 rings (SSSR count). The van der Waals surface area contributed by atoms with Gasteiger partial charge in [0.1, 0.15) is 18.3 Å². The fraction of sp³-hybridized carbons (Fsp3) is 0.818. The Labute approximate surface area is 104 Å². The molecule has 1 amide bonds. The molecule has 2 saturated heterocycles. The van der Waals surface area contributed by atoms with E-state index >= 15 is 0 Å². The number of carbonyl (C=O) groups is 2. The van der Waals surface area contributed by atoms with E-state index in [9.17, 15) is 14.0 Å². The van der Waals surface area contributed by atoms with Gasteiger partial charge in [-0.25, -0.2) is 4.39 Å². The molecule has 2 aliphatic rings. The molecule has 102 valence electrons. The lowest BCUT2D eigenvalue weighted by Gasteiger charge is -2.24. The molecule has 0 aliphatic carbocycles. The molecule has 4 unspecified atom stereocenters. The molecule has 2 aliphatic heterocycles. The third kappa shape index (κ3) is 2.20. The van der Waals surface area contributed by atoms with Crippen molar-refractivity contribution in [2.24, 2.45) is 5.92 Å². The van der Waals surface area contributed by atoms with Crippen LogP contribution >= 0.6 is 0 Å². The van der Waals surface area contributed by atoms with Gasteiger partial charge in [-0.05, 0) is 6.42 Å². The summed E-state index contributed by atoms with van der Waals surface area (Å²) in [5.41, 5.74) is 0. The summed E-state index contributed by atoms with van der Waals surface area (Å²) in [6, 6.07) is 0. The lowest BCUT2D eigenvalue weighted by molar-refractivity contribution is -0.151. The third-order valence-electron chi connectivity index (χ3n) is 3.49. The number of ether oxygens (including phenoxy) is 2. The van der Waals surface area contributed by atoms with Gasteiger partial charge in [-0.15, -0.1) is 0 Å². The van der Waals surface area contributed by atoms with Crippen molar-refractivity contribution in [1.29, 1.82) is 0 Å². The van der Waals surface area contributed by atoms with Gasteiger partial charge in [0.2, 0.25) is 5.91 Å². The van der Waals surface area contributed by atoms with Gasteiger partial charge in [0.05, 0.1) is 13.3 Å². The van der Waals surface area contributed by atoms with Crippen LogP contribution in [0.3, 0.4) is 0 Å². The van der Waals surface area contributed by atoms with E-state index < -0.39 is 30.5 Å². The van der Waals surface area contributed by atoms with Crippen molar-refractivity contribution in [2.75, 3.05) is 20.8 Å². The van der Waals surface area contributed by atoms with Crippen LogP contribution < -0.4 is 5.32 Å². The van der Waals surface area contributed by atoms with Crippen LogP contribution in [0.25, 0.3) is 0 Å². The molecule has 2 heterocycles. The Bertz CT molecular complexity index is 352. The summed E-state index contributed by atoms with van der Waals surface area (Å²) >= 11 is 0. The van der Waals surface area contributed by atoms with Crippen molar-refractivity contribution in [1.82, 2.24) is 10.2 Å². The van der Waals surface area contributed by atoms with Crippen LogP contribution in [0.15, 0.2) is 0 Å². The average Bonchev–Trinajstić information content (AvgIpc) is 2.91. The first kappa shape index (κ1) is 13.2. The van der Waals surface area contributed by atoms with E-state index in [1.807, 2.05) is 0 Å². The Morgan fingerprint density at radius 2 is 2.22 bits per heavy atom. The van der Waals surface area contributed by atoms with Crippen LogP contribution in [0.2, 0.25) is 0 Å². The van der Waals surface area contributed by atoms with Crippen molar-refractivity contribution in [3.05, 3.63) is 0 Å². The average molecular weight is 260 g/mol. The molecule has 6 nitrogen and oxygen atoms in total. The van der Waals surface area contributed by atoms with Crippen LogP contribution in [0.1, 0.15) is 12.8 Å². The zero-order chi connectivity index (χ0) is 13.3. The Morgan fingerprint density at radius 1 is 1.50 bits per heavy atom. The molecular formula is C11H17FN2O4. The SMILES string of the molecule is COC(=O)C1CCN(C2CC(F)C(OC)N2)C1=O. The van der Waals surface area contributed by atoms with E-state index in [0.29, 0.717) is 13.0 Å². The Morgan fingerprint density at radius 3 is 2.78 bits per heavy atom. The summed E-state index contributed by atoms with van der Waals surface area (Å²) in [4.78, 5) is 24.9. The fourth-order valence-electron chi connectivity index (χ4n) is 2.50. The lowest BCUT2D eigenvalue weighted by atomic mass is 10.1. The summed E-state index contributed by atoms with van der Waals surface area (Å²) in [5, 5.41) is 2.90. The zero-order valence-corrected chi connectivity index (χ0v) is 10.4. The summed E-state index contributed by atoms with van der Waals surface area (Å²) in [6.45, 7) is 0.430.